The molecule has 1 atom stereocenters. The van der Waals surface area contributed by atoms with Crippen molar-refractivity contribution < 1.29 is 4.42 Å². The molecule has 0 saturated heterocycles. The molecule has 0 fully saturated rings. The third-order valence-electron chi connectivity index (χ3n) is 6.75. The lowest BCUT2D eigenvalue weighted by atomic mass is 9.97. The average molecular weight is 539 g/mol. The standard InChI is InChI=1S/C27H22N8OS2/c1-37-27(9-8-15-10-14-4-2-3-5-19(14)38-20(15)12-27)13-35-24-21(23(28)32-25(29)33-24)22(34-35)16-6-7-18-17(11-16)31-26(30)36-18/h2-12H,13H2,1H3,(H2,30,31)(H4,28,29,32,33). The van der Waals surface area contributed by atoms with Crippen molar-refractivity contribution in [3.63, 3.8) is 0 Å². The summed E-state index contributed by atoms with van der Waals surface area (Å²) in [7, 11) is 0. The summed E-state index contributed by atoms with van der Waals surface area (Å²) >= 11 is 3.53. The molecule has 0 amide bonds. The summed E-state index contributed by atoms with van der Waals surface area (Å²) in [5.41, 5.74) is 23.9. The summed E-state index contributed by atoms with van der Waals surface area (Å²) in [6.07, 6.45) is 11.1. The van der Waals surface area contributed by atoms with E-state index in [2.05, 4.69) is 69.8 Å². The zero-order valence-corrected chi connectivity index (χ0v) is 21.9. The topological polar surface area (TPSA) is 148 Å². The molecule has 1 aliphatic heterocycles. The molecule has 2 aromatic carbocycles. The second-order valence-corrected chi connectivity index (χ2v) is 11.4. The fraction of sp³-hybridized carbons (Fsp3) is 0.111. The van der Waals surface area contributed by atoms with E-state index >= 15 is 0 Å². The van der Waals surface area contributed by atoms with Gasteiger partial charge in [0.1, 0.15) is 17.0 Å². The van der Waals surface area contributed by atoms with Crippen molar-refractivity contribution >= 4 is 69.5 Å². The molecule has 5 aromatic rings. The summed E-state index contributed by atoms with van der Waals surface area (Å²) in [5, 5.41) is 5.63. The third-order valence-corrected chi connectivity index (χ3v) is 9.05. The molecule has 6 N–H and O–H groups in total. The highest BCUT2D eigenvalue weighted by Crippen LogP contribution is 2.47. The Balaban J connectivity index is 1.35. The van der Waals surface area contributed by atoms with Gasteiger partial charge < -0.3 is 21.6 Å². The molecule has 0 radical (unpaired) electrons. The molecule has 0 saturated carbocycles. The van der Waals surface area contributed by atoms with Crippen molar-refractivity contribution in [3.05, 3.63) is 76.7 Å². The van der Waals surface area contributed by atoms with E-state index in [0.717, 1.165) is 5.56 Å². The first kappa shape index (κ1) is 22.9. The van der Waals surface area contributed by atoms with Crippen LogP contribution in [0.2, 0.25) is 0 Å². The fourth-order valence-electron chi connectivity index (χ4n) is 4.90. The van der Waals surface area contributed by atoms with Crippen LogP contribution in [-0.4, -0.2) is 35.7 Å². The highest BCUT2D eigenvalue weighted by atomic mass is 32.2. The normalized spacial score (nSPS) is 18.3. The van der Waals surface area contributed by atoms with E-state index < -0.39 is 0 Å². The van der Waals surface area contributed by atoms with Gasteiger partial charge in [-0.3, -0.25) is 0 Å². The third kappa shape index (κ3) is 3.65. The summed E-state index contributed by atoms with van der Waals surface area (Å²) in [6.45, 7) is 0.523. The molecule has 2 aliphatic rings. The Bertz CT molecular complexity index is 1870. The number of allylic oxidation sites excluding steroid dienone is 2. The smallest absolute Gasteiger partial charge is 0.292 e. The van der Waals surface area contributed by atoms with E-state index in [1.807, 2.05) is 22.9 Å². The molecular formula is C27H22N8OS2. The number of fused-ring (bicyclic) bond motifs is 4. The molecule has 4 heterocycles. The van der Waals surface area contributed by atoms with Crippen LogP contribution >= 0.6 is 23.5 Å². The minimum absolute atomic E-state index is 0.0998. The van der Waals surface area contributed by atoms with Gasteiger partial charge >= 0.3 is 0 Å². The summed E-state index contributed by atoms with van der Waals surface area (Å²) in [6, 6.07) is 14.1. The van der Waals surface area contributed by atoms with Crippen LogP contribution in [0.3, 0.4) is 0 Å². The molecule has 1 unspecified atom stereocenters. The number of rotatable bonds is 4. The number of nitrogen functional groups attached to an aromatic ring is 3. The SMILES string of the molecule is CSC1(Cn2nc(-c3ccc4oc(N)nc4c3)c3c(N)nc(N)nc32)C=CC2=Cc3ccccc3SC2=C1. The van der Waals surface area contributed by atoms with Crippen molar-refractivity contribution in [2.24, 2.45) is 0 Å². The highest BCUT2D eigenvalue weighted by molar-refractivity contribution is 8.03. The van der Waals surface area contributed by atoms with Crippen molar-refractivity contribution in [1.29, 1.82) is 0 Å². The van der Waals surface area contributed by atoms with Gasteiger partial charge in [-0.15, -0.1) is 11.8 Å². The maximum atomic E-state index is 6.38. The second kappa shape index (κ2) is 8.40. The summed E-state index contributed by atoms with van der Waals surface area (Å²) in [4.78, 5) is 15.5. The maximum absolute atomic E-state index is 6.38. The number of hydrogen-bond acceptors (Lipinski definition) is 10. The van der Waals surface area contributed by atoms with E-state index in [9.17, 15) is 0 Å². The summed E-state index contributed by atoms with van der Waals surface area (Å²) in [5.74, 6) is 0.372. The zero-order chi connectivity index (χ0) is 26.0. The number of nitrogens with two attached hydrogens (primary N) is 3. The van der Waals surface area contributed by atoms with Crippen LogP contribution in [0.1, 0.15) is 5.56 Å². The zero-order valence-electron chi connectivity index (χ0n) is 20.3. The number of nitrogens with zero attached hydrogens (tertiary/aromatic N) is 5. The van der Waals surface area contributed by atoms with Crippen LogP contribution in [0.25, 0.3) is 39.5 Å². The van der Waals surface area contributed by atoms with Gasteiger partial charge in [-0.2, -0.15) is 20.1 Å². The van der Waals surface area contributed by atoms with E-state index in [1.54, 1.807) is 23.5 Å². The number of anilines is 3. The van der Waals surface area contributed by atoms with Gasteiger partial charge in [0.25, 0.3) is 6.01 Å². The van der Waals surface area contributed by atoms with Crippen molar-refractivity contribution in [1.82, 2.24) is 24.7 Å². The Labute approximate surface area is 225 Å². The lowest BCUT2D eigenvalue weighted by molar-refractivity contribution is 0.595. The quantitative estimate of drug-likeness (QED) is 0.281. The first-order valence-electron chi connectivity index (χ1n) is 11.8. The minimum Gasteiger partial charge on any atom is -0.424 e. The molecule has 7 rings (SSSR count). The number of benzene rings is 2. The first-order chi connectivity index (χ1) is 18.4. The largest absolute Gasteiger partial charge is 0.424 e. The van der Waals surface area contributed by atoms with Crippen molar-refractivity contribution in [3.8, 4) is 11.3 Å². The van der Waals surface area contributed by atoms with Gasteiger partial charge in [0.05, 0.1) is 16.7 Å². The lowest BCUT2D eigenvalue weighted by Crippen LogP contribution is -2.29. The lowest BCUT2D eigenvalue weighted by Gasteiger charge is -2.31. The molecule has 1 aliphatic carbocycles. The van der Waals surface area contributed by atoms with E-state index in [4.69, 9.17) is 26.7 Å². The van der Waals surface area contributed by atoms with Crippen molar-refractivity contribution in [2.75, 3.05) is 23.5 Å². The van der Waals surface area contributed by atoms with Gasteiger partial charge in [0, 0.05) is 15.4 Å². The Hall–Kier alpha value is -4.22. The Morgan fingerprint density at radius 3 is 2.82 bits per heavy atom. The predicted octanol–water partition coefficient (Wildman–Crippen LogP) is 5.13. The highest BCUT2D eigenvalue weighted by Gasteiger charge is 2.32. The van der Waals surface area contributed by atoms with Crippen molar-refractivity contribution in [2.45, 2.75) is 16.2 Å². The van der Waals surface area contributed by atoms with Crippen LogP contribution in [-0.2, 0) is 6.54 Å². The maximum Gasteiger partial charge on any atom is 0.292 e. The van der Waals surface area contributed by atoms with E-state index in [1.165, 1.54) is 20.9 Å². The number of hydrogen-bond donors (Lipinski definition) is 3. The van der Waals surface area contributed by atoms with Crippen LogP contribution in [0, 0.1) is 0 Å². The minimum atomic E-state index is -0.360. The number of oxazole rings is 1. The Morgan fingerprint density at radius 2 is 1.95 bits per heavy atom. The van der Waals surface area contributed by atoms with Crippen LogP contribution in [0.15, 0.2) is 80.5 Å². The van der Waals surface area contributed by atoms with E-state index in [0.29, 0.717) is 34.4 Å². The molecular weight excluding hydrogens is 516 g/mol. The van der Waals surface area contributed by atoms with Gasteiger partial charge in [-0.25, -0.2) is 4.68 Å². The van der Waals surface area contributed by atoms with Gasteiger partial charge in [0.15, 0.2) is 11.2 Å². The molecule has 9 nitrogen and oxygen atoms in total. The van der Waals surface area contributed by atoms with Gasteiger partial charge in [0.2, 0.25) is 5.95 Å². The molecule has 188 valence electrons. The number of thioether (sulfide) groups is 2. The summed E-state index contributed by atoms with van der Waals surface area (Å²) < 4.78 is 6.95. The van der Waals surface area contributed by atoms with Crippen LogP contribution < -0.4 is 17.2 Å². The fourth-order valence-corrected chi connectivity index (χ4v) is 6.80. The van der Waals surface area contributed by atoms with Crippen LogP contribution in [0.4, 0.5) is 17.8 Å². The second-order valence-electron chi connectivity index (χ2n) is 9.15. The molecule has 38 heavy (non-hydrogen) atoms. The van der Waals surface area contributed by atoms with E-state index in [-0.39, 0.29) is 22.5 Å². The molecule has 0 spiro atoms. The molecule has 11 heteroatoms. The predicted molar refractivity (Wildman–Crippen MR) is 155 cm³/mol. The van der Waals surface area contributed by atoms with Gasteiger partial charge in [-0.05, 0) is 53.8 Å². The Morgan fingerprint density at radius 1 is 1.08 bits per heavy atom. The number of aromatic nitrogens is 5. The first-order valence-corrected chi connectivity index (χ1v) is 13.9. The Kier molecular flexibility index (Phi) is 5.07. The molecule has 0 bridgehead atoms. The molecule has 3 aromatic heterocycles. The van der Waals surface area contributed by atoms with Gasteiger partial charge in [-0.1, -0.05) is 42.1 Å². The average Bonchev–Trinajstić information content (AvgIpc) is 3.46. The van der Waals surface area contributed by atoms with Crippen LogP contribution in [0.5, 0.6) is 0 Å². The monoisotopic (exact) mass is 538 g/mol.